The summed E-state index contributed by atoms with van der Waals surface area (Å²) < 4.78 is 24.4. The number of aromatic hydroxyl groups is 3. The summed E-state index contributed by atoms with van der Waals surface area (Å²) in [4.78, 5) is 51.4. The Morgan fingerprint density at radius 3 is 2.31 bits per heavy atom. The van der Waals surface area contributed by atoms with Crippen LogP contribution in [0.25, 0.3) is 0 Å². The van der Waals surface area contributed by atoms with Crippen LogP contribution >= 0.6 is 0 Å². The molecule has 0 amide bonds. The Morgan fingerprint density at radius 1 is 1.04 bits per heavy atom. The van der Waals surface area contributed by atoms with Gasteiger partial charge in [0.1, 0.15) is 34.7 Å². The van der Waals surface area contributed by atoms with Crippen LogP contribution in [0, 0.1) is 0 Å². The van der Waals surface area contributed by atoms with Crippen LogP contribution in [0.15, 0.2) is 18.2 Å². The van der Waals surface area contributed by atoms with Gasteiger partial charge in [0.2, 0.25) is 5.78 Å². The Kier molecular flexibility index (Phi) is 11.1. The Balaban J connectivity index is 1.43. The summed E-state index contributed by atoms with van der Waals surface area (Å²) >= 11 is 0. The number of phenolic OH excluding ortho intramolecular Hbond substituents is 3. The first-order valence-electron chi connectivity index (χ1n) is 16.8. The second-order valence-corrected chi connectivity index (χ2v) is 13.9. The second-order valence-electron chi connectivity index (χ2n) is 13.9. The molecule has 10 atom stereocenters. The van der Waals surface area contributed by atoms with Crippen LogP contribution in [0.4, 0.5) is 0 Å². The molecule has 15 nitrogen and oxygen atoms in total. The fourth-order valence-corrected chi connectivity index (χ4v) is 7.09. The minimum atomic E-state index is -2.10. The highest BCUT2D eigenvalue weighted by atomic mass is 16.7. The predicted molar refractivity (Wildman–Crippen MR) is 176 cm³/mol. The van der Waals surface area contributed by atoms with Gasteiger partial charge in [0.25, 0.3) is 0 Å². The lowest BCUT2D eigenvalue weighted by molar-refractivity contribution is -0.287. The van der Waals surface area contributed by atoms with E-state index >= 15 is 0 Å². The van der Waals surface area contributed by atoms with E-state index in [0.29, 0.717) is 0 Å². The Hall–Kier alpha value is -3.80. The summed E-state index contributed by atoms with van der Waals surface area (Å²) in [5.74, 6) is -4.59. The molecule has 8 N–H and O–H groups in total. The zero-order valence-electron chi connectivity index (χ0n) is 29.0. The fraction of sp³-hybridized carbons (Fsp3) is 0.556. The van der Waals surface area contributed by atoms with Gasteiger partial charge in [-0.25, -0.2) is 0 Å². The number of rotatable bonds is 12. The van der Waals surface area contributed by atoms with Crippen LogP contribution < -0.4 is 5.73 Å². The van der Waals surface area contributed by atoms with Gasteiger partial charge < -0.3 is 55.3 Å². The minimum absolute atomic E-state index is 0.00600. The van der Waals surface area contributed by atoms with Crippen molar-refractivity contribution >= 4 is 23.1 Å². The lowest BCUT2D eigenvalue weighted by Gasteiger charge is -2.43. The monoisotopic (exact) mass is 715 g/mol. The minimum Gasteiger partial charge on any atom is -0.507 e. The molecule has 51 heavy (non-hydrogen) atoms. The third-order valence-electron chi connectivity index (χ3n) is 9.81. The number of ether oxygens (including phenoxy) is 4. The maximum Gasteiger partial charge on any atom is 0.202 e. The van der Waals surface area contributed by atoms with Gasteiger partial charge in [-0.3, -0.25) is 19.2 Å². The molecule has 1 heterocycles. The normalized spacial score (nSPS) is 28.2. The van der Waals surface area contributed by atoms with Crippen molar-refractivity contribution in [3.63, 3.8) is 0 Å². The van der Waals surface area contributed by atoms with Crippen LogP contribution in [-0.2, 0) is 35.0 Å². The molecule has 1 aliphatic heterocycles. The molecule has 0 saturated carbocycles. The van der Waals surface area contributed by atoms with Crippen LogP contribution in [0.2, 0.25) is 0 Å². The van der Waals surface area contributed by atoms with Gasteiger partial charge in [0.05, 0.1) is 47.2 Å². The predicted octanol–water partition coefficient (Wildman–Crippen LogP) is 1.59. The summed E-state index contributed by atoms with van der Waals surface area (Å²) in [6, 6.07) is 3.08. The number of ketones is 4. The molecule has 0 spiro atoms. The number of fused-ring (bicyclic) bond motifs is 3. The number of nitrogens with two attached hydrogens (primary N) is 1. The molecule has 5 rings (SSSR count). The van der Waals surface area contributed by atoms with Gasteiger partial charge in [-0.2, -0.15) is 0 Å². The largest absolute Gasteiger partial charge is 0.507 e. The van der Waals surface area contributed by atoms with Crippen molar-refractivity contribution in [3.05, 3.63) is 51.6 Å². The van der Waals surface area contributed by atoms with Gasteiger partial charge in [0, 0.05) is 54.8 Å². The third-order valence-corrected chi connectivity index (χ3v) is 9.81. The topological polar surface area (TPSA) is 253 Å². The first-order chi connectivity index (χ1) is 23.8. The van der Waals surface area contributed by atoms with E-state index in [9.17, 15) is 49.8 Å². The summed E-state index contributed by atoms with van der Waals surface area (Å²) in [5.41, 5.74) is 2.52. The lowest BCUT2D eigenvalue weighted by Crippen LogP contribution is -2.55. The number of phenols is 3. The molecule has 3 aliphatic rings. The number of Topliss-reactive ketones (excluding diaryl/α,β-unsaturated/α-hetero) is 2. The highest BCUT2D eigenvalue weighted by molar-refractivity contribution is 6.31. The molecule has 2 aliphatic carbocycles. The van der Waals surface area contributed by atoms with Gasteiger partial charge in [0.15, 0.2) is 24.1 Å². The highest BCUT2D eigenvalue weighted by Gasteiger charge is 2.49. The maximum atomic E-state index is 13.7. The molecule has 0 aromatic heterocycles. The quantitative estimate of drug-likeness (QED) is 0.104. The first kappa shape index (κ1) is 38.4. The van der Waals surface area contributed by atoms with E-state index in [-0.39, 0.29) is 47.3 Å². The number of carbonyl (C=O) groups excluding carboxylic acids is 4. The zero-order chi connectivity index (χ0) is 37.7. The van der Waals surface area contributed by atoms with E-state index in [1.165, 1.54) is 32.0 Å². The van der Waals surface area contributed by atoms with E-state index in [2.05, 4.69) is 0 Å². The molecule has 2 aromatic carbocycles. The number of hydrogen-bond donors (Lipinski definition) is 7. The van der Waals surface area contributed by atoms with Crippen molar-refractivity contribution < 1.29 is 68.8 Å². The lowest BCUT2D eigenvalue weighted by atomic mass is 9.72. The van der Waals surface area contributed by atoms with Crippen molar-refractivity contribution in [2.75, 3.05) is 0 Å². The van der Waals surface area contributed by atoms with Crippen molar-refractivity contribution in [3.8, 4) is 17.2 Å². The SMILES string of the molecule is CC(=O)CC(O)C(C)OC(CC(C)O)OC1C(N)CC(OC2CC(O)(C(C)=O)Cc3c(O)c4c(c(O)c32)C(=O)c2c(O)cccc2C4=O)OC1C. The summed E-state index contributed by atoms with van der Waals surface area (Å²) in [5, 5.41) is 65.4. The summed E-state index contributed by atoms with van der Waals surface area (Å²) in [6.07, 6.45) is -9.02. The number of aliphatic hydroxyl groups excluding tert-OH is 2. The zero-order valence-corrected chi connectivity index (χ0v) is 29.0. The smallest absolute Gasteiger partial charge is 0.202 e. The van der Waals surface area contributed by atoms with Crippen molar-refractivity contribution in [2.45, 2.75) is 128 Å². The van der Waals surface area contributed by atoms with E-state index < -0.39 is 119 Å². The van der Waals surface area contributed by atoms with E-state index in [1.807, 2.05) is 0 Å². The number of aliphatic hydroxyl groups is 3. The molecule has 10 unspecified atom stereocenters. The molecular formula is C36H45NO14. The van der Waals surface area contributed by atoms with Crippen molar-refractivity contribution in [1.82, 2.24) is 0 Å². The Bertz CT molecular complexity index is 1710. The van der Waals surface area contributed by atoms with E-state index in [0.717, 1.165) is 6.92 Å². The average Bonchev–Trinajstić information content (AvgIpc) is 3.02. The molecule has 0 bridgehead atoms. The fourth-order valence-electron chi connectivity index (χ4n) is 7.09. The van der Waals surface area contributed by atoms with Crippen molar-refractivity contribution in [1.29, 1.82) is 0 Å². The molecule has 15 heteroatoms. The van der Waals surface area contributed by atoms with Gasteiger partial charge >= 0.3 is 0 Å². The van der Waals surface area contributed by atoms with Crippen LogP contribution in [0.1, 0.15) is 109 Å². The van der Waals surface area contributed by atoms with Crippen LogP contribution in [0.3, 0.4) is 0 Å². The Labute approximate surface area is 293 Å². The standard InChI is InChI=1S/C36H45NO14/c1-14(38)9-23(42)16(3)48-25(10-15(2)39)51-35-17(4)49-26(11-21(35)37)50-24-13-36(47,18(5)40)12-20-28(24)34(46)30-29(32(20)44)31(43)19-7-6-8-22(41)27(19)33(30)45/h6-8,15-17,21,23-26,35,39,41-42,44,46-47H,9-13,37H2,1-5H3. The molecular weight excluding hydrogens is 670 g/mol. The van der Waals surface area contributed by atoms with Crippen molar-refractivity contribution in [2.24, 2.45) is 5.73 Å². The first-order valence-corrected chi connectivity index (χ1v) is 16.8. The average molecular weight is 716 g/mol. The van der Waals surface area contributed by atoms with E-state index in [4.69, 9.17) is 24.7 Å². The Morgan fingerprint density at radius 2 is 1.71 bits per heavy atom. The highest BCUT2D eigenvalue weighted by Crippen LogP contribution is 2.52. The van der Waals surface area contributed by atoms with Gasteiger partial charge in [-0.15, -0.1) is 0 Å². The molecule has 2 aromatic rings. The summed E-state index contributed by atoms with van der Waals surface area (Å²) in [7, 11) is 0. The third kappa shape index (κ3) is 7.43. The molecule has 278 valence electrons. The second kappa shape index (κ2) is 14.7. The molecule has 1 saturated heterocycles. The van der Waals surface area contributed by atoms with Crippen LogP contribution in [0.5, 0.6) is 17.2 Å². The summed E-state index contributed by atoms with van der Waals surface area (Å²) in [6.45, 7) is 7.22. The van der Waals surface area contributed by atoms with Gasteiger partial charge in [-0.1, -0.05) is 12.1 Å². The molecule has 0 radical (unpaired) electrons. The number of benzene rings is 2. The van der Waals surface area contributed by atoms with Gasteiger partial charge in [-0.05, 0) is 40.7 Å². The number of hydrogen-bond acceptors (Lipinski definition) is 15. The van der Waals surface area contributed by atoms with E-state index in [1.54, 1.807) is 13.8 Å². The van der Waals surface area contributed by atoms with Crippen LogP contribution in [-0.4, -0.2) is 109 Å². The molecule has 1 fully saturated rings. The maximum absolute atomic E-state index is 13.7. The number of carbonyl (C=O) groups is 4.